The lowest BCUT2D eigenvalue weighted by molar-refractivity contribution is -0.146. The van der Waals surface area contributed by atoms with Crippen LogP contribution in [0, 0.1) is 13.8 Å². The Labute approximate surface area is 164 Å². The second-order valence-corrected chi connectivity index (χ2v) is 6.87. The molecule has 0 saturated carbocycles. The molecule has 0 saturated heterocycles. The molecule has 6 nitrogen and oxygen atoms in total. The Balaban J connectivity index is 1.61. The highest BCUT2D eigenvalue weighted by Crippen LogP contribution is 2.31. The molecular weight excluding hydrogens is 358 g/mol. The van der Waals surface area contributed by atoms with Gasteiger partial charge in [-0.1, -0.05) is 29.8 Å². The second kappa shape index (κ2) is 8.25. The maximum atomic E-state index is 12.6. The number of ketones is 1. The number of hydrogen-bond acceptors (Lipinski definition) is 5. The molecule has 146 valence electrons. The van der Waals surface area contributed by atoms with Crippen molar-refractivity contribution in [3.8, 4) is 5.75 Å². The van der Waals surface area contributed by atoms with Crippen molar-refractivity contribution < 1.29 is 23.9 Å². The van der Waals surface area contributed by atoms with Gasteiger partial charge in [-0.3, -0.25) is 14.4 Å². The number of benzene rings is 2. The molecular formula is C22H23NO5. The SMILES string of the molecule is Cc1ccc(C)c(C(=O)[C@H](C)OC(=O)CCN2C(=O)COc3ccccc32)c1. The monoisotopic (exact) mass is 381 g/mol. The first-order valence-corrected chi connectivity index (χ1v) is 9.20. The minimum absolute atomic E-state index is 0.00943. The molecule has 1 heterocycles. The number of para-hydroxylation sites is 2. The molecule has 1 aliphatic rings. The van der Waals surface area contributed by atoms with E-state index >= 15 is 0 Å². The number of fused-ring (bicyclic) bond motifs is 1. The first-order chi connectivity index (χ1) is 13.4. The maximum Gasteiger partial charge on any atom is 0.308 e. The number of carbonyl (C=O) groups is 3. The van der Waals surface area contributed by atoms with Crippen molar-refractivity contribution in [3.63, 3.8) is 0 Å². The largest absolute Gasteiger partial charge is 0.482 e. The van der Waals surface area contributed by atoms with Crippen LogP contribution in [0.5, 0.6) is 5.75 Å². The van der Waals surface area contributed by atoms with E-state index in [-0.39, 0.29) is 31.3 Å². The molecule has 28 heavy (non-hydrogen) atoms. The van der Waals surface area contributed by atoms with Crippen molar-refractivity contribution in [1.82, 2.24) is 0 Å². The highest BCUT2D eigenvalue weighted by molar-refractivity contribution is 6.01. The molecule has 2 aromatic carbocycles. The average molecular weight is 381 g/mol. The van der Waals surface area contributed by atoms with Gasteiger partial charge in [0.25, 0.3) is 5.91 Å². The highest BCUT2D eigenvalue weighted by Gasteiger charge is 2.27. The summed E-state index contributed by atoms with van der Waals surface area (Å²) in [7, 11) is 0. The Morgan fingerprint density at radius 1 is 1.18 bits per heavy atom. The molecule has 3 rings (SSSR count). The van der Waals surface area contributed by atoms with Crippen LogP contribution in [-0.2, 0) is 14.3 Å². The third-order valence-corrected chi connectivity index (χ3v) is 4.68. The van der Waals surface area contributed by atoms with E-state index in [1.165, 1.54) is 4.90 Å². The van der Waals surface area contributed by atoms with E-state index < -0.39 is 12.1 Å². The van der Waals surface area contributed by atoms with Crippen LogP contribution >= 0.6 is 0 Å². The topological polar surface area (TPSA) is 72.9 Å². The predicted octanol–water partition coefficient (Wildman–Crippen LogP) is 3.23. The second-order valence-electron chi connectivity index (χ2n) is 6.87. The number of anilines is 1. The molecule has 0 bridgehead atoms. The number of amides is 1. The van der Waals surface area contributed by atoms with Crippen molar-refractivity contribution in [2.75, 3.05) is 18.1 Å². The van der Waals surface area contributed by atoms with E-state index in [9.17, 15) is 14.4 Å². The summed E-state index contributed by atoms with van der Waals surface area (Å²) in [5.41, 5.74) is 3.00. The number of carbonyl (C=O) groups excluding carboxylic acids is 3. The normalized spacial score (nSPS) is 14.1. The summed E-state index contributed by atoms with van der Waals surface area (Å²) in [6.45, 7) is 5.43. The van der Waals surface area contributed by atoms with Gasteiger partial charge >= 0.3 is 5.97 Å². The van der Waals surface area contributed by atoms with Gasteiger partial charge in [-0.15, -0.1) is 0 Å². The number of rotatable bonds is 6. The molecule has 1 atom stereocenters. The van der Waals surface area contributed by atoms with Gasteiger partial charge in [0.15, 0.2) is 12.7 Å². The van der Waals surface area contributed by atoms with E-state index in [0.29, 0.717) is 17.0 Å². The lowest BCUT2D eigenvalue weighted by atomic mass is 9.99. The van der Waals surface area contributed by atoms with Crippen molar-refractivity contribution in [2.45, 2.75) is 33.3 Å². The summed E-state index contributed by atoms with van der Waals surface area (Å²) >= 11 is 0. The molecule has 0 spiro atoms. The Kier molecular flexibility index (Phi) is 5.78. The first-order valence-electron chi connectivity index (χ1n) is 9.20. The zero-order valence-electron chi connectivity index (χ0n) is 16.2. The van der Waals surface area contributed by atoms with Crippen LogP contribution in [0.3, 0.4) is 0 Å². The van der Waals surface area contributed by atoms with Crippen LogP contribution in [-0.4, -0.2) is 36.9 Å². The van der Waals surface area contributed by atoms with Crippen LogP contribution in [0.2, 0.25) is 0 Å². The molecule has 1 amide bonds. The van der Waals surface area contributed by atoms with E-state index in [0.717, 1.165) is 11.1 Å². The molecule has 0 aliphatic carbocycles. The minimum Gasteiger partial charge on any atom is -0.482 e. The lowest BCUT2D eigenvalue weighted by Crippen LogP contribution is -2.40. The summed E-state index contributed by atoms with van der Waals surface area (Å²) < 4.78 is 10.7. The van der Waals surface area contributed by atoms with Gasteiger partial charge in [0.05, 0.1) is 12.1 Å². The zero-order chi connectivity index (χ0) is 20.3. The van der Waals surface area contributed by atoms with Gasteiger partial charge in [0, 0.05) is 12.1 Å². The third-order valence-electron chi connectivity index (χ3n) is 4.68. The van der Waals surface area contributed by atoms with E-state index in [2.05, 4.69) is 0 Å². The number of aryl methyl sites for hydroxylation is 2. The molecule has 1 aliphatic heterocycles. The smallest absolute Gasteiger partial charge is 0.308 e. The number of ether oxygens (including phenoxy) is 2. The van der Waals surface area contributed by atoms with Gasteiger partial charge in [0.1, 0.15) is 5.75 Å². The molecule has 6 heteroatoms. The fraction of sp³-hybridized carbons (Fsp3) is 0.318. The number of nitrogens with zero attached hydrogens (tertiary/aromatic N) is 1. The highest BCUT2D eigenvalue weighted by atomic mass is 16.5. The lowest BCUT2D eigenvalue weighted by Gasteiger charge is -2.29. The quantitative estimate of drug-likeness (QED) is 0.567. The number of hydrogen-bond donors (Lipinski definition) is 0. The summed E-state index contributed by atoms with van der Waals surface area (Å²) in [6.07, 6.45) is -0.898. The minimum atomic E-state index is -0.888. The van der Waals surface area contributed by atoms with Crippen molar-refractivity contribution in [2.24, 2.45) is 0 Å². The molecule has 0 aromatic heterocycles. The summed E-state index contributed by atoms with van der Waals surface area (Å²) in [5.74, 6) is -0.370. The van der Waals surface area contributed by atoms with Gasteiger partial charge in [0.2, 0.25) is 5.78 Å². The third kappa shape index (κ3) is 4.22. The standard InChI is InChI=1S/C22H23NO5/c1-14-8-9-15(2)17(12-14)22(26)16(3)28-21(25)10-11-23-18-6-4-5-7-19(18)27-13-20(23)24/h4-9,12,16H,10-11,13H2,1-3H3/t16-/m0/s1. The van der Waals surface area contributed by atoms with E-state index in [1.807, 2.05) is 32.0 Å². The van der Waals surface area contributed by atoms with Gasteiger partial charge in [-0.05, 0) is 44.5 Å². The van der Waals surface area contributed by atoms with Crippen LogP contribution < -0.4 is 9.64 Å². The fourth-order valence-electron chi connectivity index (χ4n) is 3.13. The van der Waals surface area contributed by atoms with Crippen LogP contribution in [0.4, 0.5) is 5.69 Å². The van der Waals surface area contributed by atoms with Crippen LogP contribution in [0.15, 0.2) is 42.5 Å². The summed E-state index contributed by atoms with van der Waals surface area (Å²) in [5, 5.41) is 0. The Hall–Kier alpha value is -3.15. The molecule has 0 radical (unpaired) electrons. The fourth-order valence-corrected chi connectivity index (χ4v) is 3.13. The van der Waals surface area contributed by atoms with Crippen LogP contribution in [0.1, 0.15) is 34.8 Å². The van der Waals surface area contributed by atoms with Gasteiger partial charge in [-0.2, -0.15) is 0 Å². The van der Waals surface area contributed by atoms with Crippen molar-refractivity contribution >= 4 is 23.3 Å². The van der Waals surface area contributed by atoms with Gasteiger partial charge in [-0.25, -0.2) is 0 Å². The number of Topliss-reactive ketones (excluding diaryl/α,β-unsaturated/α-hetero) is 1. The average Bonchev–Trinajstić information content (AvgIpc) is 2.68. The summed E-state index contributed by atoms with van der Waals surface area (Å²) in [4.78, 5) is 38.5. The molecule has 0 unspecified atom stereocenters. The Morgan fingerprint density at radius 2 is 1.93 bits per heavy atom. The first kappa shape index (κ1) is 19.6. The van der Waals surface area contributed by atoms with E-state index in [1.54, 1.807) is 31.2 Å². The van der Waals surface area contributed by atoms with E-state index in [4.69, 9.17) is 9.47 Å². The molecule has 2 aromatic rings. The number of esters is 1. The zero-order valence-corrected chi connectivity index (χ0v) is 16.2. The molecule has 0 N–H and O–H groups in total. The van der Waals surface area contributed by atoms with Crippen LogP contribution in [0.25, 0.3) is 0 Å². The molecule has 0 fully saturated rings. The maximum absolute atomic E-state index is 12.6. The van der Waals surface area contributed by atoms with Gasteiger partial charge < -0.3 is 14.4 Å². The summed E-state index contributed by atoms with van der Waals surface area (Å²) in [6, 6.07) is 12.8. The predicted molar refractivity (Wildman–Crippen MR) is 105 cm³/mol. The van der Waals surface area contributed by atoms with Crippen molar-refractivity contribution in [3.05, 3.63) is 59.2 Å². The van der Waals surface area contributed by atoms with Crippen molar-refractivity contribution in [1.29, 1.82) is 0 Å². The Morgan fingerprint density at radius 3 is 2.71 bits per heavy atom. The Bertz CT molecular complexity index is 921.